The van der Waals surface area contributed by atoms with Crippen LogP contribution < -0.4 is 4.74 Å². The first-order chi connectivity index (χ1) is 14.8. The highest BCUT2D eigenvalue weighted by molar-refractivity contribution is 5.77. The molecule has 174 valence electrons. The zero-order valence-corrected chi connectivity index (χ0v) is 19.7. The largest absolute Gasteiger partial charge is 0.489 e. The number of hydrogen-bond donors (Lipinski definition) is 2. The van der Waals surface area contributed by atoms with Gasteiger partial charge in [0.15, 0.2) is 6.29 Å². The van der Waals surface area contributed by atoms with E-state index in [1.807, 2.05) is 52.0 Å². The third-order valence-electron chi connectivity index (χ3n) is 4.26. The van der Waals surface area contributed by atoms with Crippen molar-refractivity contribution >= 4 is 6.29 Å². The van der Waals surface area contributed by atoms with Crippen LogP contribution in [0.15, 0.2) is 36.4 Å². The van der Waals surface area contributed by atoms with E-state index in [9.17, 15) is 4.79 Å². The van der Waals surface area contributed by atoms with E-state index in [1.165, 1.54) is 11.1 Å². The Morgan fingerprint density at radius 3 is 1.97 bits per heavy atom. The van der Waals surface area contributed by atoms with Crippen LogP contribution >= 0.6 is 0 Å². The van der Waals surface area contributed by atoms with E-state index in [0.717, 1.165) is 36.4 Å². The summed E-state index contributed by atoms with van der Waals surface area (Å²) in [6, 6.07) is 11.7. The third-order valence-corrected chi connectivity index (χ3v) is 4.26. The zero-order valence-electron chi connectivity index (χ0n) is 19.7. The van der Waals surface area contributed by atoms with Crippen LogP contribution in [-0.4, -0.2) is 49.2 Å². The highest BCUT2D eigenvalue weighted by Crippen LogP contribution is 2.23. The molecule has 0 aromatic heterocycles. The van der Waals surface area contributed by atoms with Gasteiger partial charge in [0.05, 0.1) is 13.2 Å². The molecule has 2 rings (SSSR count). The van der Waals surface area contributed by atoms with Gasteiger partial charge in [0, 0.05) is 18.8 Å². The molecule has 6 nitrogen and oxygen atoms in total. The van der Waals surface area contributed by atoms with Crippen LogP contribution in [0.1, 0.15) is 53.4 Å². The van der Waals surface area contributed by atoms with Crippen molar-refractivity contribution < 1.29 is 29.2 Å². The number of aliphatic hydroxyl groups excluding tert-OH is 2. The third kappa shape index (κ3) is 12.3. The van der Waals surface area contributed by atoms with Crippen LogP contribution in [0.5, 0.6) is 5.75 Å². The second-order valence-electron chi connectivity index (χ2n) is 6.73. The maximum atomic E-state index is 10.9. The number of hydrogen-bond acceptors (Lipinski definition) is 6. The van der Waals surface area contributed by atoms with Crippen LogP contribution in [0.3, 0.4) is 0 Å². The summed E-state index contributed by atoms with van der Waals surface area (Å²) in [5.74, 6) is 0.879. The summed E-state index contributed by atoms with van der Waals surface area (Å²) >= 11 is 0. The van der Waals surface area contributed by atoms with Gasteiger partial charge in [-0.15, -0.1) is 0 Å². The van der Waals surface area contributed by atoms with Gasteiger partial charge in [0.1, 0.15) is 18.6 Å². The SMILES string of the molecule is CCOC(C)OCC.Cc1cc(C)c(OCc2ccccc2C=O)cc1C.OCCO. The number of aryl methyl sites for hydroxylation is 3. The van der Waals surface area contributed by atoms with Crippen molar-refractivity contribution in [3.05, 3.63) is 64.2 Å². The number of aldehydes is 1. The fourth-order valence-electron chi connectivity index (χ4n) is 2.54. The minimum Gasteiger partial charge on any atom is -0.489 e. The molecule has 2 aromatic rings. The van der Waals surface area contributed by atoms with Gasteiger partial charge >= 0.3 is 0 Å². The molecule has 0 fully saturated rings. The van der Waals surface area contributed by atoms with Crippen LogP contribution in [0, 0.1) is 20.8 Å². The summed E-state index contributed by atoms with van der Waals surface area (Å²) in [6.07, 6.45) is 0.830. The predicted molar refractivity (Wildman–Crippen MR) is 124 cm³/mol. The number of carbonyl (C=O) groups is 1. The van der Waals surface area contributed by atoms with E-state index in [-0.39, 0.29) is 19.5 Å². The second-order valence-corrected chi connectivity index (χ2v) is 6.73. The monoisotopic (exact) mass is 434 g/mol. The van der Waals surface area contributed by atoms with E-state index in [0.29, 0.717) is 12.2 Å². The first-order valence-electron chi connectivity index (χ1n) is 10.5. The van der Waals surface area contributed by atoms with Gasteiger partial charge in [0.25, 0.3) is 0 Å². The molecule has 2 N–H and O–H groups in total. The van der Waals surface area contributed by atoms with Gasteiger partial charge in [-0.1, -0.05) is 30.3 Å². The van der Waals surface area contributed by atoms with Crippen LogP contribution in [0.4, 0.5) is 0 Å². The molecule has 0 amide bonds. The van der Waals surface area contributed by atoms with Gasteiger partial charge in [-0.25, -0.2) is 0 Å². The fourth-order valence-corrected chi connectivity index (χ4v) is 2.54. The second kappa shape index (κ2) is 17.4. The van der Waals surface area contributed by atoms with Gasteiger partial charge in [-0.05, 0) is 69.9 Å². The first kappa shape index (κ1) is 28.8. The molecule has 0 aliphatic rings. The van der Waals surface area contributed by atoms with Crippen LogP contribution in [0.25, 0.3) is 0 Å². The van der Waals surface area contributed by atoms with Crippen molar-refractivity contribution in [2.45, 2.75) is 54.4 Å². The number of benzene rings is 2. The molecule has 0 atom stereocenters. The average molecular weight is 435 g/mol. The molecule has 0 spiro atoms. The topological polar surface area (TPSA) is 85.2 Å². The molecular weight excluding hydrogens is 396 g/mol. The molecule has 0 heterocycles. The summed E-state index contributed by atoms with van der Waals surface area (Å²) in [7, 11) is 0. The van der Waals surface area contributed by atoms with Crippen LogP contribution in [0.2, 0.25) is 0 Å². The van der Waals surface area contributed by atoms with Gasteiger partial charge < -0.3 is 24.4 Å². The normalized spacial score (nSPS) is 9.97. The van der Waals surface area contributed by atoms with Gasteiger partial charge in [-0.2, -0.15) is 0 Å². The van der Waals surface area contributed by atoms with Crippen molar-refractivity contribution in [2.24, 2.45) is 0 Å². The molecule has 0 bridgehead atoms. The lowest BCUT2D eigenvalue weighted by Crippen LogP contribution is -2.11. The van der Waals surface area contributed by atoms with E-state index < -0.39 is 0 Å². The van der Waals surface area contributed by atoms with Crippen molar-refractivity contribution in [1.29, 1.82) is 0 Å². The van der Waals surface area contributed by atoms with Crippen molar-refractivity contribution in [3.8, 4) is 5.75 Å². The van der Waals surface area contributed by atoms with Crippen molar-refractivity contribution in [2.75, 3.05) is 26.4 Å². The fraction of sp³-hybridized carbons (Fsp3) is 0.480. The van der Waals surface area contributed by atoms with Crippen molar-refractivity contribution in [1.82, 2.24) is 0 Å². The summed E-state index contributed by atoms with van der Waals surface area (Å²) in [5.41, 5.74) is 5.19. The predicted octanol–water partition coefficient (Wildman–Crippen LogP) is 4.38. The Labute approximate surface area is 186 Å². The number of ether oxygens (including phenoxy) is 3. The minimum absolute atomic E-state index is 0.0370. The lowest BCUT2D eigenvalue weighted by molar-refractivity contribution is -0.123. The summed E-state index contributed by atoms with van der Waals surface area (Å²) in [4.78, 5) is 10.9. The number of carbonyl (C=O) groups excluding carboxylic acids is 1. The molecule has 0 radical (unpaired) electrons. The van der Waals surface area contributed by atoms with E-state index in [2.05, 4.69) is 19.9 Å². The summed E-state index contributed by atoms with van der Waals surface area (Å²) < 4.78 is 16.0. The zero-order chi connectivity index (χ0) is 23.6. The molecule has 6 heteroatoms. The average Bonchev–Trinajstić information content (AvgIpc) is 2.76. The van der Waals surface area contributed by atoms with E-state index >= 15 is 0 Å². The number of rotatable bonds is 9. The maximum Gasteiger partial charge on any atom is 0.154 e. The highest BCUT2D eigenvalue weighted by Gasteiger charge is 2.05. The summed E-state index contributed by atoms with van der Waals surface area (Å²) in [6.45, 7) is 13.6. The quantitative estimate of drug-likeness (QED) is 0.450. The smallest absolute Gasteiger partial charge is 0.154 e. The van der Waals surface area contributed by atoms with E-state index in [1.54, 1.807) is 6.07 Å². The molecule has 0 aliphatic carbocycles. The highest BCUT2D eigenvalue weighted by atomic mass is 16.7. The minimum atomic E-state index is -0.125. The standard InChI is InChI=1S/C17H18O2.C6H14O2.C2H6O2/c1-12-8-14(3)17(9-13(12)2)19-11-16-7-5-4-6-15(16)10-18;1-4-7-6(3)8-5-2;3-1-2-4/h4-10H,11H2,1-3H3;6H,4-5H2,1-3H3;3-4H,1-2H2. The Morgan fingerprint density at radius 1 is 0.903 bits per heavy atom. The van der Waals surface area contributed by atoms with Crippen molar-refractivity contribution in [3.63, 3.8) is 0 Å². The Balaban J connectivity index is 0.000000625. The van der Waals surface area contributed by atoms with E-state index in [4.69, 9.17) is 24.4 Å². The molecule has 0 saturated heterocycles. The first-order valence-corrected chi connectivity index (χ1v) is 10.5. The summed E-state index contributed by atoms with van der Waals surface area (Å²) in [5, 5.41) is 15.2. The molecule has 0 aliphatic heterocycles. The van der Waals surface area contributed by atoms with Crippen LogP contribution in [-0.2, 0) is 16.1 Å². The van der Waals surface area contributed by atoms with Gasteiger partial charge in [0.2, 0.25) is 0 Å². The Hall–Kier alpha value is -2.25. The molecule has 31 heavy (non-hydrogen) atoms. The maximum absolute atomic E-state index is 10.9. The lowest BCUT2D eigenvalue weighted by Gasteiger charge is -2.12. The number of aliphatic hydroxyl groups is 2. The molecule has 0 saturated carbocycles. The molecule has 2 aromatic carbocycles. The molecular formula is C25H38O6. The lowest BCUT2D eigenvalue weighted by atomic mass is 10.1. The Morgan fingerprint density at radius 2 is 1.45 bits per heavy atom. The Kier molecular flexibility index (Phi) is 16.2. The Bertz CT molecular complexity index is 737. The molecule has 0 unspecified atom stereocenters. The van der Waals surface area contributed by atoms with Gasteiger partial charge in [-0.3, -0.25) is 4.79 Å².